The molecule has 22 heavy (non-hydrogen) atoms. The van der Waals surface area contributed by atoms with Crippen molar-refractivity contribution in [2.75, 3.05) is 0 Å². The van der Waals surface area contributed by atoms with Gasteiger partial charge in [-0.1, -0.05) is 30.3 Å². The normalized spacial score (nSPS) is 12.1. The summed E-state index contributed by atoms with van der Waals surface area (Å²) in [6, 6.07) is 9.92. The van der Waals surface area contributed by atoms with E-state index in [1.807, 2.05) is 0 Å². The monoisotopic (exact) mass is 322 g/mol. The van der Waals surface area contributed by atoms with Gasteiger partial charge in [0, 0.05) is 5.56 Å². The van der Waals surface area contributed by atoms with Crippen LogP contribution >= 0.6 is 0 Å². The number of ether oxygens (including phenoxy) is 2. The van der Waals surface area contributed by atoms with Crippen LogP contribution in [0.2, 0.25) is 0 Å². The first kappa shape index (κ1) is 16.0. The predicted molar refractivity (Wildman–Crippen MR) is 65.2 cm³/mol. The Balaban J connectivity index is 2.46. The SMILES string of the molecule is FC(F)(F)Oc1ccc(OC(F)(F)F)c(-c2ccccc2)c1. The maximum Gasteiger partial charge on any atom is 0.573 e. The van der Waals surface area contributed by atoms with Crippen LogP contribution in [0.1, 0.15) is 0 Å². The zero-order chi connectivity index (χ0) is 16.4. The van der Waals surface area contributed by atoms with Crippen molar-refractivity contribution in [3.05, 3.63) is 48.5 Å². The van der Waals surface area contributed by atoms with Crippen molar-refractivity contribution in [1.29, 1.82) is 0 Å². The molecule has 0 aliphatic heterocycles. The number of rotatable bonds is 3. The number of hydrogen-bond acceptors (Lipinski definition) is 2. The summed E-state index contributed by atoms with van der Waals surface area (Å²) in [7, 11) is 0. The van der Waals surface area contributed by atoms with Gasteiger partial charge in [-0.25, -0.2) is 0 Å². The maximum absolute atomic E-state index is 12.4. The van der Waals surface area contributed by atoms with Gasteiger partial charge in [0.05, 0.1) is 0 Å². The number of benzene rings is 2. The molecule has 0 N–H and O–H groups in total. The van der Waals surface area contributed by atoms with E-state index in [0.29, 0.717) is 0 Å². The van der Waals surface area contributed by atoms with Gasteiger partial charge >= 0.3 is 12.7 Å². The van der Waals surface area contributed by atoms with Crippen LogP contribution in [-0.4, -0.2) is 12.7 Å². The summed E-state index contributed by atoms with van der Waals surface area (Å²) in [5.41, 5.74) is 0.0917. The Bertz CT molecular complexity index is 634. The van der Waals surface area contributed by atoms with Crippen LogP contribution in [0.15, 0.2) is 48.5 Å². The van der Waals surface area contributed by atoms with Crippen molar-refractivity contribution in [2.45, 2.75) is 12.7 Å². The lowest BCUT2D eigenvalue weighted by atomic mass is 10.0. The molecule has 0 bridgehead atoms. The Hall–Kier alpha value is -2.38. The molecule has 2 aromatic carbocycles. The lowest BCUT2D eigenvalue weighted by Gasteiger charge is -2.16. The number of hydrogen-bond donors (Lipinski definition) is 0. The molecular formula is C14H8F6O2. The van der Waals surface area contributed by atoms with Crippen LogP contribution in [-0.2, 0) is 0 Å². The van der Waals surface area contributed by atoms with Gasteiger partial charge in [0.2, 0.25) is 0 Å². The second-order valence-corrected chi connectivity index (χ2v) is 4.12. The Morgan fingerprint density at radius 3 is 1.82 bits per heavy atom. The molecule has 0 atom stereocenters. The predicted octanol–water partition coefficient (Wildman–Crippen LogP) is 5.15. The van der Waals surface area contributed by atoms with Gasteiger partial charge in [-0.2, -0.15) is 0 Å². The van der Waals surface area contributed by atoms with Crippen LogP contribution < -0.4 is 9.47 Å². The van der Waals surface area contributed by atoms with E-state index in [2.05, 4.69) is 9.47 Å². The summed E-state index contributed by atoms with van der Waals surface area (Å²) in [5, 5.41) is 0. The zero-order valence-corrected chi connectivity index (χ0v) is 10.7. The van der Waals surface area contributed by atoms with Gasteiger partial charge in [-0.15, -0.1) is 26.3 Å². The maximum atomic E-state index is 12.4. The average molecular weight is 322 g/mol. The fraction of sp³-hybridized carbons (Fsp3) is 0.143. The second kappa shape index (κ2) is 5.78. The topological polar surface area (TPSA) is 18.5 Å². The van der Waals surface area contributed by atoms with Gasteiger partial charge in [-0.3, -0.25) is 0 Å². The molecule has 0 spiro atoms. The molecule has 0 amide bonds. The molecule has 0 unspecified atom stereocenters. The Morgan fingerprint density at radius 2 is 1.27 bits per heavy atom. The smallest absolute Gasteiger partial charge is 0.406 e. The van der Waals surface area contributed by atoms with Gasteiger partial charge < -0.3 is 9.47 Å². The quantitative estimate of drug-likeness (QED) is 0.728. The summed E-state index contributed by atoms with van der Waals surface area (Å²) in [6.45, 7) is 0. The molecule has 2 aromatic rings. The fourth-order valence-corrected chi connectivity index (χ4v) is 1.76. The third-order valence-electron chi connectivity index (χ3n) is 2.50. The van der Waals surface area contributed by atoms with Crippen molar-refractivity contribution >= 4 is 0 Å². The van der Waals surface area contributed by atoms with E-state index >= 15 is 0 Å². The van der Waals surface area contributed by atoms with Gasteiger partial charge in [0.15, 0.2) is 0 Å². The molecule has 0 aliphatic rings. The molecular weight excluding hydrogens is 314 g/mol. The standard InChI is InChI=1S/C14H8F6O2/c15-13(16,17)21-10-6-7-12(22-14(18,19)20)11(8-10)9-4-2-1-3-5-9/h1-8H. The van der Waals surface area contributed by atoms with E-state index < -0.39 is 24.2 Å². The first-order chi connectivity index (χ1) is 10.1. The largest absolute Gasteiger partial charge is 0.573 e. The summed E-state index contributed by atoms with van der Waals surface area (Å²) >= 11 is 0. The van der Waals surface area contributed by atoms with Crippen molar-refractivity contribution in [2.24, 2.45) is 0 Å². The molecule has 0 saturated heterocycles. The van der Waals surface area contributed by atoms with Crippen LogP contribution in [0.5, 0.6) is 11.5 Å². The third-order valence-corrected chi connectivity index (χ3v) is 2.50. The summed E-state index contributed by atoms with van der Waals surface area (Å²) < 4.78 is 81.3. The fourth-order valence-electron chi connectivity index (χ4n) is 1.76. The van der Waals surface area contributed by atoms with Crippen molar-refractivity contribution < 1.29 is 35.8 Å². The second-order valence-electron chi connectivity index (χ2n) is 4.12. The Kier molecular flexibility index (Phi) is 4.20. The van der Waals surface area contributed by atoms with E-state index in [4.69, 9.17) is 0 Å². The van der Waals surface area contributed by atoms with Crippen molar-refractivity contribution in [1.82, 2.24) is 0 Å². The summed E-state index contributed by atoms with van der Waals surface area (Å²) in [4.78, 5) is 0. The van der Waals surface area contributed by atoms with E-state index in [9.17, 15) is 26.3 Å². The highest BCUT2D eigenvalue weighted by Crippen LogP contribution is 2.37. The lowest BCUT2D eigenvalue weighted by Crippen LogP contribution is -2.19. The minimum absolute atomic E-state index is 0.167. The first-order valence-corrected chi connectivity index (χ1v) is 5.85. The highest BCUT2D eigenvalue weighted by molar-refractivity contribution is 5.72. The average Bonchev–Trinajstić information content (AvgIpc) is 2.38. The molecule has 0 saturated carbocycles. The Labute approximate surface area is 120 Å². The minimum atomic E-state index is -4.96. The van der Waals surface area contributed by atoms with E-state index in [0.717, 1.165) is 18.2 Å². The van der Waals surface area contributed by atoms with Gasteiger partial charge in [0.1, 0.15) is 11.5 Å². The molecule has 8 heteroatoms. The molecule has 118 valence electrons. The highest BCUT2D eigenvalue weighted by atomic mass is 19.4. The molecule has 2 nitrogen and oxygen atoms in total. The van der Waals surface area contributed by atoms with Crippen LogP contribution in [0.4, 0.5) is 26.3 Å². The molecule has 0 aliphatic carbocycles. The van der Waals surface area contributed by atoms with Gasteiger partial charge in [-0.05, 0) is 23.8 Å². The van der Waals surface area contributed by atoms with Crippen LogP contribution in [0, 0.1) is 0 Å². The van der Waals surface area contributed by atoms with Gasteiger partial charge in [0.25, 0.3) is 0 Å². The van der Waals surface area contributed by atoms with E-state index in [-0.39, 0.29) is 11.1 Å². The third kappa shape index (κ3) is 4.57. The van der Waals surface area contributed by atoms with Crippen LogP contribution in [0.3, 0.4) is 0 Å². The Morgan fingerprint density at radius 1 is 0.682 bits per heavy atom. The highest BCUT2D eigenvalue weighted by Gasteiger charge is 2.34. The van der Waals surface area contributed by atoms with E-state index in [1.54, 1.807) is 6.07 Å². The minimum Gasteiger partial charge on any atom is -0.406 e. The van der Waals surface area contributed by atoms with Crippen molar-refractivity contribution in [3.63, 3.8) is 0 Å². The van der Waals surface area contributed by atoms with E-state index in [1.165, 1.54) is 24.3 Å². The number of alkyl halides is 6. The number of halogens is 6. The summed E-state index contributed by atoms with van der Waals surface area (Å²) in [5.74, 6) is -1.26. The molecule has 2 rings (SSSR count). The molecule has 0 radical (unpaired) electrons. The molecule has 0 heterocycles. The van der Waals surface area contributed by atoms with Crippen molar-refractivity contribution in [3.8, 4) is 22.6 Å². The summed E-state index contributed by atoms with van der Waals surface area (Å²) in [6.07, 6.45) is -9.91. The van der Waals surface area contributed by atoms with Crippen LogP contribution in [0.25, 0.3) is 11.1 Å². The first-order valence-electron chi connectivity index (χ1n) is 5.85. The molecule has 0 aromatic heterocycles. The molecule has 0 fully saturated rings. The lowest BCUT2D eigenvalue weighted by molar-refractivity contribution is -0.276. The zero-order valence-electron chi connectivity index (χ0n) is 10.7.